The minimum absolute atomic E-state index is 0.204. The highest BCUT2D eigenvalue weighted by Gasteiger charge is 2.30. The zero-order valence-electron chi connectivity index (χ0n) is 12.1. The van der Waals surface area contributed by atoms with E-state index in [1.165, 1.54) is 4.90 Å². The first-order chi connectivity index (χ1) is 9.55. The summed E-state index contributed by atoms with van der Waals surface area (Å²) in [6.45, 7) is 5.99. The molecule has 0 saturated heterocycles. The van der Waals surface area contributed by atoms with Gasteiger partial charge >= 0.3 is 6.09 Å². The number of hydrogen-bond donors (Lipinski definition) is 0. The van der Waals surface area contributed by atoms with Crippen LogP contribution in [0.5, 0.6) is 0 Å². The van der Waals surface area contributed by atoms with Crippen LogP contribution in [0.4, 0.5) is 4.79 Å². The molecule has 0 radical (unpaired) electrons. The Morgan fingerprint density at radius 2 is 2.14 bits per heavy atom. The largest absolute Gasteiger partial charge is 0.444 e. The summed E-state index contributed by atoms with van der Waals surface area (Å²) in [5.41, 5.74) is 0.249. The van der Waals surface area contributed by atoms with Gasteiger partial charge in [0, 0.05) is 29.2 Å². The summed E-state index contributed by atoms with van der Waals surface area (Å²) < 4.78 is 32.7. The first-order valence-corrected chi connectivity index (χ1v) is 8.89. The summed E-state index contributed by atoms with van der Waals surface area (Å²) >= 11 is 0. The van der Waals surface area contributed by atoms with Gasteiger partial charge in [0.15, 0.2) is 0 Å². The standard InChI is InChI=1S/C12H17ClN2O5S/c1-12(2,3)19-11(16)15-5-4-10-8(6-15)9(14-20-10)7-21(13,17)18/h4-7H2,1-3H3. The van der Waals surface area contributed by atoms with Gasteiger partial charge in [-0.15, -0.1) is 0 Å². The summed E-state index contributed by atoms with van der Waals surface area (Å²) in [4.78, 5) is 13.5. The molecule has 2 heterocycles. The molecule has 21 heavy (non-hydrogen) atoms. The number of ether oxygens (including phenoxy) is 1. The van der Waals surface area contributed by atoms with Gasteiger partial charge in [-0.2, -0.15) is 0 Å². The molecule has 9 heteroatoms. The van der Waals surface area contributed by atoms with Crippen LogP contribution in [0.2, 0.25) is 0 Å². The molecule has 118 valence electrons. The molecule has 1 aromatic rings. The van der Waals surface area contributed by atoms with Crippen molar-refractivity contribution in [3.63, 3.8) is 0 Å². The lowest BCUT2D eigenvalue weighted by Crippen LogP contribution is -2.39. The van der Waals surface area contributed by atoms with Gasteiger partial charge in [-0.25, -0.2) is 13.2 Å². The highest BCUT2D eigenvalue weighted by atomic mass is 35.7. The molecule has 0 aromatic carbocycles. The maximum atomic E-state index is 12.1. The minimum atomic E-state index is -3.73. The van der Waals surface area contributed by atoms with Gasteiger partial charge in [0.2, 0.25) is 9.05 Å². The van der Waals surface area contributed by atoms with Gasteiger partial charge in [-0.05, 0) is 20.8 Å². The van der Waals surface area contributed by atoms with Crippen molar-refractivity contribution in [1.29, 1.82) is 0 Å². The van der Waals surface area contributed by atoms with Crippen molar-refractivity contribution in [3.05, 3.63) is 17.0 Å². The third kappa shape index (κ3) is 4.34. The van der Waals surface area contributed by atoms with Crippen LogP contribution in [0.1, 0.15) is 37.8 Å². The monoisotopic (exact) mass is 336 g/mol. The van der Waals surface area contributed by atoms with E-state index in [4.69, 9.17) is 19.9 Å². The maximum absolute atomic E-state index is 12.1. The van der Waals surface area contributed by atoms with E-state index in [0.717, 1.165) is 0 Å². The first-order valence-electron chi connectivity index (χ1n) is 6.42. The van der Waals surface area contributed by atoms with E-state index >= 15 is 0 Å². The number of amides is 1. The van der Waals surface area contributed by atoms with E-state index in [1.807, 2.05) is 0 Å². The Morgan fingerprint density at radius 1 is 1.48 bits per heavy atom. The molecule has 0 saturated carbocycles. The van der Waals surface area contributed by atoms with E-state index in [2.05, 4.69) is 5.16 Å². The van der Waals surface area contributed by atoms with Crippen molar-refractivity contribution < 1.29 is 22.5 Å². The molecule has 0 unspecified atom stereocenters. The molecule has 1 aromatic heterocycles. The van der Waals surface area contributed by atoms with Gasteiger partial charge in [-0.3, -0.25) is 0 Å². The fourth-order valence-electron chi connectivity index (χ4n) is 2.02. The number of halogens is 1. The van der Waals surface area contributed by atoms with Crippen LogP contribution in [-0.2, 0) is 32.5 Å². The number of carbonyl (C=O) groups is 1. The van der Waals surface area contributed by atoms with E-state index in [1.54, 1.807) is 20.8 Å². The second-order valence-corrected chi connectivity index (χ2v) is 8.64. The molecule has 1 amide bonds. The highest BCUT2D eigenvalue weighted by Crippen LogP contribution is 2.25. The second kappa shape index (κ2) is 5.49. The molecule has 0 fully saturated rings. The van der Waals surface area contributed by atoms with Crippen LogP contribution in [-0.4, -0.2) is 36.7 Å². The molecule has 2 rings (SSSR count). The van der Waals surface area contributed by atoms with Crippen LogP contribution in [0, 0.1) is 0 Å². The lowest BCUT2D eigenvalue weighted by Gasteiger charge is -2.29. The summed E-state index contributed by atoms with van der Waals surface area (Å²) in [7, 11) is 1.51. The smallest absolute Gasteiger partial charge is 0.410 e. The molecular formula is C12H17ClN2O5S. The third-order valence-electron chi connectivity index (χ3n) is 2.87. The van der Waals surface area contributed by atoms with Crippen molar-refractivity contribution in [3.8, 4) is 0 Å². The fraction of sp³-hybridized carbons (Fsp3) is 0.667. The van der Waals surface area contributed by atoms with Crippen molar-refractivity contribution in [2.75, 3.05) is 6.54 Å². The Morgan fingerprint density at radius 3 is 2.71 bits per heavy atom. The quantitative estimate of drug-likeness (QED) is 0.768. The SMILES string of the molecule is CC(C)(C)OC(=O)N1CCc2onc(CS(=O)(=O)Cl)c2C1. The minimum Gasteiger partial charge on any atom is -0.444 e. The zero-order valence-corrected chi connectivity index (χ0v) is 13.6. The van der Waals surface area contributed by atoms with Crippen molar-refractivity contribution in [1.82, 2.24) is 10.1 Å². The number of fused-ring (bicyclic) bond motifs is 1. The van der Waals surface area contributed by atoms with Crippen molar-refractivity contribution in [2.24, 2.45) is 0 Å². The van der Waals surface area contributed by atoms with Gasteiger partial charge in [0.1, 0.15) is 22.8 Å². The summed E-state index contributed by atoms with van der Waals surface area (Å²) in [6.07, 6.45) is 0.0122. The lowest BCUT2D eigenvalue weighted by molar-refractivity contribution is 0.0218. The molecule has 1 aliphatic heterocycles. The van der Waals surface area contributed by atoms with E-state index < -0.39 is 26.5 Å². The molecular weight excluding hydrogens is 320 g/mol. The van der Waals surface area contributed by atoms with Crippen LogP contribution in [0.15, 0.2) is 4.52 Å². The fourth-order valence-corrected chi connectivity index (χ4v) is 2.89. The Labute approximate surface area is 127 Å². The molecule has 0 aliphatic carbocycles. The Kier molecular flexibility index (Phi) is 4.21. The predicted octanol–water partition coefficient (Wildman–Crippen LogP) is 2.04. The van der Waals surface area contributed by atoms with Crippen LogP contribution in [0.25, 0.3) is 0 Å². The molecule has 1 aliphatic rings. The molecule has 7 nitrogen and oxygen atoms in total. The van der Waals surface area contributed by atoms with Crippen LogP contribution < -0.4 is 0 Å². The van der Waals surface area contributed by atoms with Gasteiger partial charge in [-0.1, -0.05) is 5.16 Å². The number of rotatable bonds is 2. The molecule has 0 spiro atoms. The average molecular weight is 337 g/mol. The average Bonchev–Trinajstić information content (AvgIpc) is 2.67. The predicted molar refractivity (Wildman–Crippen MR) is 75.3 cm³/mol. The Balaban J connectivity index is 2.16. The summed E-state index contributed by atoms with van der Waals surface area (Å²) in [6, 6.07) is 0. The van der Waals surface area contributed by atoms with Gasteiger partial charge in [0.05, 0.1) is 6.54 Å². The maximum Gasteiger partial charge on any atom is 0.410 e. The molecule has 0 N–H and O–H groups in total. The van der Waals surface area contributed by atoms with Crippen molar-refractivity contribution in [2.45, 2.75) is 45.1 Å². The zero-order chi connectivity index (χ0) is 15.8. The Bertz CT molecular complexity index is 647. The van der Waals surface area contributed by atoms with E-state index in [0.29, 0.717) is 24.3 Å². The lowest BCUT2D eigenvalue weighted by atomic mass is 10.1. The second-order valence-electron chi connectivity index (χ2n) is 5.87. The third-order valence-corrected chi connectivity index (χ3v) is 3.82. The summed E-state index contributed by atoms with van der Waals surface area (Å²) in [5.74, 6) is 0.167. The summed E-state index contributed by atoms with van der Waals surface area (Å²) in [5, 5.41) is 3.73. The first kappa shape index (κ1) is 16.1. The van der Waals surface area contributed by atoms with E-state index in [9.17, 15) is 13.2 Å². The van der Waals surface area contributed by atoms with E-state index in [-0.39, 0.29) is 12.2 Å². The van der Waals surface area contributed by atoms with Crippen LogP contribution in [0.3, 0.4) is 0 Å². The molecule has 0 bridgehead atoms. The van der Waals surface area contributed by atoms with Crippen molar-refractivity contribution >= 4 is 25.8 Å². The number of aromatic nitrogens is 1. The topological polar surface area (TPSA) is 89.7 Å². The highest BCUT2D eigenvalue weighted by molar-refractivity contribution is 8.13. The molecule has 0 atom stereocenters. The van der Waals surface area contributed by atoms with Crippen LogP contribution >= 0.6 is 10.7 Å². The normalized spacial score (nSPS) is 15.7. The number of hydrogen-bond acceptors (Lipinski definition) is 6. The number of nitrogens with zero attached hydrogens (tertiary/aromatic N) is 2. The van der Waals surface area contributed by atoms with Gasteiger partial charge < -0.3 is 14.2 Å². The van der Waals surface area contributed by atoms with Gasteiger partial charge in [0.25, 0.3) is 0 Å². The number of carbonyl (C=O) groups excluding carboxylic acids is 1. The Hall–Kier alpha value is -1.28.